The lowest BCUT2D eigenvalue weighted by molar-refractivity contribution is 0.313. The van der Waals surface area contributed by atoms with Crippen molar-refractivity contribution in [2.75, 3.05) is 31.1 Å². The molecule has 0 bridgehead atoms. The van der Waals surface area contributed by atoms with Crippen molar-refractivity contribution in [2.24, 2.45) is 0 Å². The summed E-state index contributed by atoms with van der Waals surface area (Å²) < 4.78 is 1.27. The van der Waals surface area contributed by atoms with Crippen molar-refractivity contribution in [1.82, 2.24) is 14.9 Å². The highest BCUT2D eigenvalue weighted by atomic mass is 32.1. The van der Waals surface area contributed by atoms with Crippen LogP contribution in [0.1, 0.15) is 31.2 Å². The first-order valence-corrected chi connectivity index (χ1v) is 8.88. The van der Waals surface area contributed by atoms with Crippen molar-refractivity contribution in [3.8, 4) is 0 Å². The standard InChI is InChI=1S/C16H22N4S/c1-12-10-21-15-14(12)17-11-18-16(15)20-8-4-5-13(20)9-19-6-2-3-7-19/h10-11,13H,2-9H2,1H3/t13-/m1/s1. The van der Waals surface area contributed by atoms with Gasteiger partial charge in [0.25, 0.3) is 0 Å². The summed E-state index contributed by atoms with van der Waals surface area (Å²) >= 11 is 1.79. The lowest BCUT2D eigenvalue weighted by atomic mass is 10.2. The number of nitrogens with zero attached hydrogens (tertiary/aromatic N) is 4. The van der Waals surface area contributed by atoms with Gasteiger partial charge >= 0.3 is 0 Å². The highest BCUT2D eigenvalue weighted by molar-refractivity contribution is 7.18. The molecule has 1 atom stereocenters. The Hall–Kier alpha value is -1.20. The predicted octanol–water partition coefficient (Wildman–Crippen LogP) is 3.06. The molecule has 2 aliphatic rings. The third kappa shape index (κ3) is 2.42. The van der Waals surface area contributed by atoms with Gasteiger partial charge in [-0.25, -0.2) is 9.97 Å². The number of hydrogen-bond donors (Lipinski definition) is 0. The Bertz CT molecular complexity index is 632. The van der Waals surface area contributed by atoms with Crippen LogP contribution in [-0.2, 0) is 0 Å². The molecule has 4 nitrogen and oxygen atoms in total. The average molecular weight is 302 g/mol. The van der Waals surface area contributed by atoms with E-state index < -0.39 is 0 Å². The molecule has 0 saturated carbocycles. The molecule has 21 heavy (non-hydrogen) atoms. The smallest absolute Gasteiger partial charge is 0.150 e. The fourth-order valence-corrected chi connectivity index (χ4v) is 4.74. The van der Waals surface area contributed by atoms with E-state index in [1.165, 1.54) is 61.4 Å². The van der Waals surface area contributed by atoms with Gasteiger partial charge in [-0.05, 0) is 56.6 Å². The molecule has 0 unspecified atom stereocenters. The van der Waals surface area contributed by atoms with Gasteiger partial charge < -0.3 is 9.80 Å². The number of thiophene rings is 1. The zero-order chi connectivity index (χ0) is 14.2. The van der Waals surface area contributed by atoms with Gasteiger partial charge in [-0.3, -0.25) is 0 Å². The molecule has 0 amide bonds. The van der Waals surface area contributed by atoms with Gasteiger partial charge in [0.15, 0.2) is 0 Å². The lowest BCUT2D eigenvalue weighted by Crippen LogP contribution is -2.39. The normalized spacial score (nSPS) is 23.5. The van der Waals surface area contributed by atoms with Crippen molar-refractivity contribution < 1.29 is 0 Å². The van der Waals surface area contributed by atoms with E-state index in [0.29, 0.717) is 6.04 Å². The van der Waals surface area contributed by atoms with Crippen molar-refractivity contribution in [3.63, 3.8) is 0 Å². The lowest BCUT2D eigenvalue weighted by Gasteiger charge is -2.29. The molecule has 4 rings (SSSR count). The molecule has 0 aromatic carbocycles. The summed E-state index contributed by atoms with van der Waals surface area (Å²) in [5.74, 6) is 1.17. The zero-order valence-electron chi connectivity index (χ0n) is 12.6. The van der Waals surface area contributed by atoms with Gasteiger partial charge in [0.05, 0.1) is 10.2 Å². The second-order valence-electron chi connectivity index (χ2n) is 6.29. The maximum absolute atomic E-state index is 4.63. The Balaban J connectivity index is 1.63. The molecule has 2 saturated heterocycles. The molecule has 2 aromatic rings. The minimum atomic E-state index is 0.628. The van der Waals surface area contributed by atoms with E-state index in [-0.39, 0.29) is 0 Å². The summed E-state index contributed by atoms with van der Waals surface area (Å²) in [6, 6.07) is 0.628. The number of fused-ring (bicyclic) bond motifs is 1. The van der Waals surface area contributed by atoms with Crippen LogP contribution in [0.4, 0.5) is 5.82 Å². The summed E-state index contributed by atoms with van der Waals surface area (Å²) in [6.07, 6.45) is 7.06. The van der Waals surface area contributed by atoms with Crippen LogP contribution in [0.15, 0.2) is 11.7 Å². The fraction of sp³-hybridized carbons (Fsp3) is 0.625. The van der Waals surface area contributed by atoms with Gasteiger partial charge in [-0.1, -0.05) is 0 Å². The van der Waals surface area contributed by atoms with Gasteiger partial charge in [0.2, 0.25) is 0 Å². The monoisotopic (exact) mass is 302 g/mol. The number of rotatable bonds is 3. The molecule has 112 valence electrons. The van der Waals surface area contributed by atoms with Crippen LogP contribution >= 0.6 is 11.3 Å². The van der Waals surface area contributed by atoms with Gasteiger partial charge in [0, 0.05) is 19.1 Å². The van der Waals surface area contributed by atoms with E-state index in [9.17, 15) is 0 Å². The second-order valence-corrected chi connectivity index (χ2v) is 7.17. The molecule has 0 N–H and O–H groups in total. The molecule has 5 heteroatoms. The van der Waals surface area contributed by atoms with E-state index in [4.69, 9.17) is 0 Å². The van der Waals surface area contributed by atoms with E-state index >= 15 is 0 Å². The van der Waals surface area contributed by atoms with Crippen LogP contribution in [0.5, 0.6) is 0 Å². The Morgan fingerprint density at radius 2 is 2.05 bits per heavy atom. The van der Waals surface area contributed by atoms with Crippen molar-refractivity contribution in [1.29, 1.82) is 0 Å². The van der Waals surface area contributed by atoms with Crippen LogP contribution in [0, 0.1) is 6.92 Å². The van der Waals surface area contributed by atoms with Gasteiger partial charge in [-0.2, -0.15) is 0 Å². The third-order valence-corrected chi connectivity index (χ3v) is 5.91. The first kappa shape index (κ1) is 13.5. The van der Waals surface area contributed by atoms with Crippen LogP contribution in [-0.4, -0.2) is 47.1 Å². The Labute approximate surface area is 129 Å². The number of aromatic nitrogens is 2. The predicted molar refractivity (Wildman–Crippen MR) is 88.2 cm³/mol. The highest BCUT2D eigenvalue weighted by Gasteiger charge is 2.29. The van der Waals surface area contributed by atoms with Crippen molar-refractivity contribution >= 4 is 27.4 Å². The Kier molecular flexibility index (Phi) is 3.55. The Morgan fingerprint density at radius 1 is 1.19 bits per heavy atom. The molecule has 0 radical (unpaired) electrons. The number of anilines is 1. The van der Waals surface area contributed by atoms with E-state index in [0.717, 1.165) is 12.1 Å². The summed E-state index contributed by atoms with van der Waals surface area (Å²) in [5.41, 5.74) is 2.41. The maximum Gasteiger partial charge on any atom is 0.150 e. The minimum Gasteiger partial charge on any atom is -0.351 e. The summed E-state index contributed by atoms with van der Waals surface area (Å²) in [4.78, 5) is 14.3. The summed E-state index contributed by atoms with van der Waals surface area (Å²) in [6.45, 7) is 7.04. The van der Waals surface area contributed by atoms with Gasteiger partial charge in [-0.15, -0.1) is 11.3 Å². The van der Waals surface area contributed by atoms with Crippen molar-refractivity contribution in [2.45, 2.75) is 38.6 Å². The number of hydrogen-bond acceptors (Lipinski definition) is 5. The minimum absolute atomic E-state index is 0.628. The largest absolute Gasteiger partial charge is 0.351 e. The Morgan fingerprint density at radius 3 is 2.90 bits per heavy atom. The van der Waals surface area contributed by atoms with E-state index in [2.05, 4.69) is 32.1 Å². The summed E-state index contributed by atoms with van der Waals surface area (Å²) in [5, 5.41) is 2.20. The van der Waals surface area contributed by atoms with E-state index in [1.54, 1.807) is 17.7 Å². The topological polar surface area (TPSA) is 32.3 Å². The van der Waals surface area contributed by atoms with Crippen LogP contribution in [0.2, 0.25) is 0 Å². The molecular weight excluding hydrogens is 280 g/mol. The number of aryl methyl sites for hydroxylation is 1. The van der Waals surface area contributed by atoms with Crippen LogP contribution in [0.25, 0.3) is 10.2 Å². The fourth-order valence-electron chi connectivity index (χ4n) is 3.73. The zero-order valence-corrected chi connectivity index (χ0v) is 13.4. The van der Waals surface area contributed by atoms with Crippen LogP contribution in [0.3, 0.4) is 0 Å². The molecule has 2 aliphatic heterocycles. The molecule has 4 heterocycles. The van der Waals surface area contributed by atoms with Crippen molar-refractivity contribution in [3.05, 3.63) is 17.3 Å². The first-order chi connectivity index (χ1) is 10.3. The first-order valence-electron chi connectivity index (χ1n) is 8.01. The number of likely N-dealkylation sites (tertiary alicyclic amines) is 1. The molecule has 2 fully saturated rings. The second kappa shape index (κ2) is 5.54. The molecule has 0 aliphatic carbocycles. The molecular formula is C16H22N4S. The van der Waals surface area contributed by atoms with Gasteiger partial charge in [0.1, 0.15) is 12.1 Å². The van der Waals surface area contributed by atoms with E-state index in [1.807, 2.05) is 0 Å². The average Bonchev–Trinajstić information content (AvgIpc) is 3.22. The quantitative estimate of drug-likeness (QED) is 0.872. The van der Waals surface area contributed by atoms with Crippen LogP contribution < -0.4 is 4.90 Å². The SMILES string of the molecule is Cc1csc2c(N3CCC[C@@H]3CN3CCCC3)ncnc12. The molecule has 2 aromatic heterocycles. The summed E-state index contributed by atoms with van der Waals surface area (Å²) in [7, 11) is 0. The highest BCUT2D eigenvalue weighted by Crippen LogP contribution is 2.34. The maximum atomic E-state index is 4.63. The third-order valence-electron chi connectivity index (χ3n) is 4.83. The molecule has 0 spiro atoms.